The molecule has 1 fully saturated rings. The molecule has 5 nitrogen and oxygen atoms in total. The van der Waals surface area contributed by atoms with Crippen LogP contribution in [-0.2, 0) is 14.3 Å². The minimum atomic E-state index is -0.875. The third-order valence-electron chi connectivity index (χ3n) is 2.57. The van der Waals surface area contributed by atoms with Crippen molar-refractivity contribution in [2.24, 2.45) is 5.41 Å². The van der Waals surface area contributed by atoms with Gasteiger partial charge < -0.3 is 4.74 Å². The van der Waals surface area contributed by atoms with E-state index in [1.54, 1.807) is 34.6 Å². The van der Waals surface area contributed by atoms with Gasteiger partial charge in [0.05, 0.1) is 0 Å². The zero-order valence-corrected chi connectivity index (χ0v) is 11.0. The number of nitrogens with zero attached hydrogens (tertiary/aromatic N) is 1. The molecule has 1 aliphatic heterocycles. The summed E-state index contributed by atoms with van der Waals surface area (Å²) in [6.07, 6.45) is -0.220. The first-order chi connectivity index (χ1) is 7.54. The largest absolute Gasteiger partial charge is 0.443 e. The average molecular weight is 241 g/mol. The molecular weight excluding hydrogens is 222 g/mol. The van der Waals surface area contributed by atoms with Crippen LogP contribution in [0.3, 0.4) is 0 Å². The Bertz CT molecular complexity index is 365. The van der Waals surface area contributed by atoms with Crippen molar-refractivity contribution in [1.29, 1.82) is 0 Å². The predicted octanol–water partition coefficient (Wildman–Crippen LogP) is 2.10. The number of piperidine rings is 1. The molecule has 0 aliphatic carbocycles. The Balaban J connectivity index is 2.91. The molecule has 1 aliphatic rings. The molecule has 0 unspecified atom stereocenters. The van der Waals surface area contributed by atoms with Gasteiger partial charge in [0.25, 0.3) is 0 Å². The second-order valence-electron chi connectivity index (χ2n) is 5.90. The van der Waals surface area contributed by atoms with E-state index in [1.165, 1.54) is 0 Å². The van der Waals surface area contributed by atoms with Crippen LogP contribution in [0.5, 0.6) is 0 Å². The zero-order valence-electron chi connectivity index (χ0n) is 11.0. The standard InChI is InChI=1S/C12H19NO4/c1-11(2,3)17-10(16)13-8(14)6-7-12(4,5)9(13)15/h6-7H2,1-5H3. The van der Waals surface area contributed by atoms with Gasteiger partial charge in [-0.15, -0.1) is 0 Å². The predicted molar refractivity (Wildman–Crippen MR) is 61.1 cm³/mol. The maximum absolute atomic E-state index is 12.0. The third kappa shape index (κ3) is 3.05. The highest BCUT2D eigenvalue weighted by Gasteiger charge is 2.44. The Morgan fingerprint density at radius 3 is 2.29 bits per heavy atom. The molecule has 1 heterocycles. The molecule has 0 aromatic rings. The number of carbonyl (C=O) groups excluding carboxylic acids is 3. The van der Waals surface area contributed by atoms with Gasteiger partial charge >= 0.3 is 6.09 Å². The number of hydrogen-bond donors (Lipinski definition) is 0. The molecule has 0 N–H and O–H groups in total. The van der Waals surface area contributed by atoms with Crippen LogP contribution in [0.1, 0.15) is 47.5 Å². The monoisotopic (exact) mass is 241 g/mol. The molecular formula is C12H19NO4. The first-order valence-electron chi connectivity index (χ1n) is 5.65. The van der Waals surface area contributed by atoms with E-state index in [9.17, 15) is 14.4 Å². The number of hydrogen-bond acceptors (Lipinski definition) is 4. The third-order valence-corrected chi connectivity index (χ3v) is 2.57. The van der Waals surface area contributed by atoms with Gasteiger partial charge in [-0.2, -0.15) is 4.90 Å². The fourth-order valence-electron chi connectivity index (χ4n) is 1.55. The van der Waals surface area contributed by atoms with Gasteiger partial charge in [0.15, 0.2) is 0 Å². The summed E-state index contributed by atoms with van der Waals surface area (Å²) in [6, 6.07) is 0. The van der Waals surface area contributed by atoms with E-state index in [0.29, 0.717) is 11.3 Å². The number of likely N-dealkylation sites (tertiary alicyclic amines) is 1. The van der Waals surface area contributed by atoms with Crippen LogP contribution in [0.15, 0.2) is 0 Å². The summed E-state index contributed by atoms with van der Waals surface area (Å²) in [5, 5.41) is 0. The van der Waals surface area contributed by atoms with E-state index in [0.717, 1.165) is 0 Å². The van der Waals surface area contributed by atoms with Crippen LogP contribution in [0.2, 0.25) is 0 Å². The summed E-state index contributed by atoms with van der Waals surface area (Å²) < 4.78 is 5.06. The molecule has 1 saturated heterocycles. The lowest BCUT2D eigenvalue weighted by atomic mass is 9.83. The van der Waals surface area contributed by atoms with Crippen LogP contribution in [0, 0.1) is 5.41 Å². The fraction of sp³-hybridized carbons (Fsp3) is 0.750. The quantitative estimate of drug-likeness (QED) is 0.609. The minimum absolute atomic E-state index is 0.192. The normalized spacial score (nSPS) is 20.4. The van der Waals surface area contributed by atoms with E-state index in [2.05, 4.69) is 0 Å². The van der Waals surface area contributed by atoms with E-state index in [4.69, 9.17) is 4.74 Å². The van der Waals surface area contributed by atoms with Crippen LogP contribution in [0.25, 0.3) is 0 Å². The van der Waals surface area contributed by atoms with Crippen molar-refractivity contribution in [3.8, 4) is 0 Å². The van der Waals surface area contributed by atoms with Crippen molar-refractivity contribution in [3.63, 3.8) is 0 Å². The fourth-order valence-corrected chi connectivity index (χ4v) is 1.55. The maximum Gasteiger partial charge on any atom is 0.424 e. The highest BCUT2D eigenvalue weighted by Crippen LogP contribution is 2.31. The van der Waals surface area contributed by atoms with Crippen LogP contribution >= 0.6 is 0 Å². The number of ether oxygens (including phenoxy) is 1. The second-order valence-corrected chi connectivity index (χ2v) is 5.90. The molecule has 5 heteroatoms. The van der Waals surface area contributed by atoms with Gasteiger partial charge in [-0.1, -0.05) is 13.8 Å². The number of rotatable bonds is 0. The Labute approximate surface area is 101 Å². The lowest BCUT2D eigenvalue weighted by Crippen LogP contribution is -2.53. The molecule has 96 valence electrons. The molecule has 1 rings (SSSR count). The lowest BCUT2D eigenvalue weighted by molar-refractivity contribution is -0.154. The number of imide groups is 3. The van der Waals surface area contributed by atoms with Crippen molar-refractivity contribution in [2.75, 3.05) is 0 Å². The van der Waals surface area contributed by atoms with Crippen molar-refractivity contribution in [1.82, 2.24) is 4.90 Å². The van der Waals surface area contributed by atoms with Gasteiger partial charge in [-0.25, -0.2) is 4.79 Å². The highest BCUT2D eigenvalue weighted by atomic mass is 16.6. The highest BCUT2D eigenvalue weighted by molar-refractivity contribution is 6.11. The first-order valence-corrected chi connectivity index (χ1v) is 5.65. The van der Waals surface area contributed by atoms with Gasteiger partial charge in [0.2, 0.25) is 11.8 Å². The Kier molecular flexibility index (Phi) is 3.32. The van der Waals surface area contributed by atoms with Crippen LogP contribution in [0.4, 0.5) is 4.79 Å². The number of amides is 3. The van der Waals surface area contributed by atoms with Crippen molar-refractivity contribution in [3.05, 3.63) is 0 Å². The molecule has 0 aromatic carbocycles. The van der Waals surface area contributed by atoms with Gasteiger partial charge in [0, 0.05) is 11.8 Å². The van der Waals surface area contributed by atoms with Crippen molar-refractivity contribution >= 4 is 17.9 Å². The van der Waals surface area contributed by atoms with Gasteiger partial charge in [0.1, 0.15) is 5.60 Å². The topological polar surface area (TPSA) is 63.7 Å². The Morgan fingerprint density at radius 2 is 1.82 bits per heavy atom. The van der Waals surface area contributed by atoms with E-state index >= 15 is 0 Å². The van der Waals surface area contributed by atoms with E-state index < -0.39 is 28.9 Å². The van der Waals surface area contributed by atoms with Gasteiger partial charge in [-0.05, 0) is 27.2 Å². The summed E-state index contributed by atoms with van der Waals surface area (Å²) in [6.45, 7) is 8.51. The molecule has 0 aromatic heterocycles. The van der Waals surface area contributed by atoms with Crippen molar-refractivity contribution in [2.45, 2.75) is 53.1 Å². The lowest BCUT2D eigenvalue weighted by Gasteiger charge is -2.34. The Hall–Kier alpha value is -1.39. The number of carbonyl (C=O) groups is 3. The Morgan fingerprint density at radius 1 is 1.29 bits per heavy atom. The van der Waals surface area contributed by atoms with E-state index in [1.807, 2.05) is 0 Å². The summed E-state index contributed by atoms with van der Waals surface area (Å²) in [7, 11) is 0. The summed E-state index contributed by atoms with van der Waals surface area (Å²) in [5.41, 5.74) is -1.41. The molecule has 0 radical (unpaired) electrons. The molecule has 0 atom stereocenters. The molecule has 17 heavy (non-hydrogen) atoms. The minimum Gasteiger partial charge on any atom is -0.443 e. The first kappa shape index (κ1) is 13.7. The smallest absolute Gasteiger partial charge is 0.424 e. The van der Waals surface area contributed by atoms with Crippen molar-refractivity contribution < 1.29 is 19.1 Å². The molecule has 0 saturated carbocycles. The summed E-state index contributed by atoms with van der Waals surface area (Å²) in [5.74, 6) is -0.966. The van der Waals surface area contributed by atoms with Crippen LogP contribution in [-0.4, -0.2) is 28.4 Å². The molecule has 0 bridgehead atoms. The van der Waals surface area contributed by atoms with Crippen LogP contribution < -0.4 is 0 Å². The molecule has 0 spiro atoms. The second kappa shape index (κ2) is 4.13. The van der Waals surface area contributed by atoms with E-state index in [-0.39, 0.29) is 6.42 Å². The SMILES string of the molecule is CC(C)(C)OC(=O)N1C(=O)CCC(C)(C)C1=O. The average Bonchev–Trinajstić information content (AvgIpc) is 2.10. The zero-order chi connectivity index (χ0) is 13.4. The summed E-state index contributed by atoms with van der Waals surface area (Å²) >= 11 is 0. The van der Waals surface area contributed by atoms with Gasteiger partial charge in [-0.3, -0.25) is 9.59 Å². The maximum atomic E-state index is 12.0. The summed E-state index contributed by atoms with van der Waals surface area (Å²) in [4.78, 5) is 36.0. The molecule has 3 amide bonds.